The van der Waals surface area contributed by atoms with Crippen molar-refractivity contribution in [1.29, 1.82) is 0 Å². The Morgan fingerprint density at radius 3 is 2.52 bits per heavy atom. The van der Waals surface area contributed by atoms with Gasteiger partial charge in [0.05, 0.1) is 7.11 Å². The van der Waals surface area contributed by atoms with E-state index < -0.39 is 12.0 Å². The SMILES string of the molecule is COC(=O)C(CSCc1ccccc1)NC(=O)CCNC(C)=O. The summed E-state index contributed by atoms with van der Waals surface area (Å²) < 4.78 is 4.72. The quantitative estimate of drug-likeness (QED) is 0.659. The van der Waals surface area contributed by atoms with Crippen molar-refractivity contribution in [3.8, 4) is 0 Å². The van der Waals surface area contributed by atoms with Gasteiger partial charge >= 0.3 is 5.97 Å². The smallest absolute Gasteiger partial charge is 0.329 e. The maximum Gasteiger partial charge on any atom is 0.329 e. The third-order valence-corrected chi connectivity index (χ3v) is 4.05. The summed E-state index contributed by atoms with van der Waals surface area (Å²) in [5.74, 6) is 0.206. The van der Waals surface area contributed by atoms with E-state index in [0.717, 1.165) is 11.3 Å². The first kappa shape index (κ1) is 19.0. The van der Waals surface area contributed by atoms with Crippen LogP contribution in [-0.2, 0) is 24.9 Å². The van der Waals surface area contributed by atoms with Crippen LogP contribution in [0, 0.1) is 0 Å². The number of hydrogen-bond acceptors (Lipinski definition) is 5. The summed E-state index contributed by atoms with van der Waals surface area (Å²) in [7, 11) is 1.29. The van der Waals surface area contributed by atoms with Gasteiger partial charge in [-0.1, -0.05) is 30.3 Å². The minimum Gasteiger partial charge on any atom is -0.467 e. The predicted molar refractivity (Wildman–Crippen MR) is 89.9 cm³/mol. The van der Waals surface area contributed by atoms with Gasteiger partial charge in [-0.05, 0) is 5.56 Å². The van der Waals surface area contributed by atoms with E-state index in [0.29, 0.717) is 5.75 Å². The molecule has 1 aromatic rings. The fourth-order valence-electron chi connectivity index (χ4n) is 1.80. The first-order valence-electron chi connectivity index (χ1n) is 7.26. The number of amides is 2. The van der Waals surface area contributed by atoms with Crippen LogP contribution >= 0.6 is 11.8 Å². The second-order valence-corrected chi connectivity index (χ2v) is 5.91. The lowest BCUT2D eigenvalue weighted by Crippen LogP contribution is -2.44. The van der Waals surface area contributed by atoms with E-state index in [1.54, 1.807) is 11.8 Å². The average molecular weight is 338 g/mol. The molecule has 1 aromatic carbocycles. The summed E-state index contributed by atoms with van der Waals surface area (Å²) in [5, 5.41) is 5.18. The molecule has 23 heavy (non-hydrogen) atoms. The number of esters is 1. The zero-order valence-corrected chi connectivity index (χ0v) is 14.2. The minimum atomic E-state index is -0.696. The number of benzene rings is 1. The number of carbonyl (C=O) groups is 3. The molecule has 0 saturated carbocycles. The molecule has 126 valence electrons. The minimum absolute atomic E-state index is 0.121. The number of nitrogens with one attached hydrogen (secondary N) is 2. The normalized spacial score (nSPS) is 11.4. The molecule has 1 rings (SSSR count). The highest BCUT2D eigenvalue weighted by Crippen LogP contribution is 2.13. The molecule has 7 heteroatoms. The number of thioether (sulfide) groups is 1. The molecule has 0 fully saturated rings. The third-order valence-electron chi connectivity index (χ3n) is 2.94. The van der Waals surface area contributed by atoms with Crippen molar-refractivity contribution in [3.63, 3.8) is 0 Å². The number of rotatable bonds is 9. The average Bonchev–Trinajstić information content (AvgIpc) is 2.53. The molecule has 0 saturated heterocycles. The van der Waals surface area contributed by atoms with E-state index >= 15 is 0 Å². The first-order valence-corrected chi connectivity index (χ1v) is 8.41. The Kier molecular flexibility index (Phi) is 8.82. The van der Waals surface area contributed by atoms with Crippen molar-refractivity contribution in [2.24, 2.45) is 0 Å². The molecule has 2 N–H and O–H groups in total. The first-order chi connectivity index (χ1) is 11.0. The molecule has 0 aromatic heterocycles. The van der Waals surface area contributed by atoms with Crippen LogP contribution < -0.4 is 10.6 Å². The highest BCUT2D eigenvalue weighted by Gasteiger charge is 2.21. The monoisotopic (exact) mass is 338 g/mol. The molecule has 0 aliphatic heterocycles. The van der Waals surface area contributed by atoms with Gasteiger partial charge in [-0.15, -0.1) is 0 Å². The van der Waals surface area contributed by atoms with E-state index in [9.17, 15) is 14.4 Å². The summed E-state index contributed by atoms with van der Waals surface area (Å²) in [6.45, 7) is 1.63. The molecule has 0 aliphatic carbocycles. The summed E-state index contributed by atoms with van der Waals surface area (Å²) in [6.07, 6.45) is 0.121. The fraction of sp³-hybridized carbons (Fsp3) is 0.438. The van der Waals surface area contributed by atoms with Gasteiger partial charge in [-0.25, -0.2) is 4.79 Å². The Bertz CT molecular complexity index is 522. The summed E-state index contributed by atoms with van der Waals surface area (Å²) in [6, 6.07) is 9.17. The van der Waals surface area contributed by atoms with Crippen LogP contribution in [0.2, 0.25) is 0 Å². The zero-order chi connectivity index (χ0) is 17.1. The maximum absolute atomic E-state index is 11.8. The number of carbonyl (C=O) groups excluding carboxylic acids is 3. The topological polar surface area (TPSA) is 84.5 Å². The van der Waals surface area contributed by atoms with Crippen molar-refractivity contribution in [2.75, 3.05) is 19.4 Å². The second-order valence-electron chi connectivity index (χ2n) is 4.88. The van der Waals surface area contributed by atoms with Crippen LogP contribution in [0.25, 0.3) is 0 Å². The molecule has 0 bridgehead atoms. The van der Waals surface area contributed by atoms with E-state index in [1.165, 1.54) is 14.0 Å². The van der Waals surface area contributed by atoms with Crippen LogP contribution in [0.15, 0.2) is 30.3 Å². The van der Waals surface area contributed by atoms with Gasteiger partial charge in [0, 0.05) is 31.4 Å². The van der Waals surface area contributed by atoms with Crippen molar-refractivity contribution in [1.82, 2.24) is 10.6 Å². The number of ether oxygens (including phenoxy) is 1. The molecule has 6 nitrogen and oxygen atoms in total. The van der Waals surface area contributed by atoms with Gasteiger partial charge in [-0.2, -0.15) is 11.8 Å². The van der Waals surface area contributed by atoms with E-state index in [1.807, 2.05) is 30.3 Å². The molecule has 2 amide bonds. The molecule has 1 unspecified atom stereocenters. The van der Waals surface area contributed by atoms with Crippen LogP contribution in [-0.4, -0.2) is 43.2 Å². The lowest BCUT2D eigenvalue weighted by Gasteiger charge is -2.16. The Morgan fingerprint density at radius 1 is 1.22 bits per heavy atom. The summed E-state index contributed by atoms with van der Waals surface area (Å²) >= 11 is 1.54. The van der Waals surface area contributed by atoms with E-state index in [-0.39, 0.29) is 24.8 Å². The molecule has 0 heterocycles. The highest BCUT2D eigenvalue weighted by molar-refractivity contribution is 7.98. The van der Waals surface area contributed by atoms with Crippen LogP contribution in [0.4, 0.5) is 0 Å². The van der Waals surface area contributed by atoms with Crippen molar-refractivity contribution in [3.05, 3.63) is 35.9 Å². The Labute approximate surface area is 140 Å². The van der Waals surface area contributed by atoms with Gasteiger partial charge in [0.15, 0.2) is 0 Å². The van der Waals surface area contributed by atoms with Gasteiger partial charge in [0.2, 0.25) is 11.8 Å². The van der Waals surface area contributed by atoms with E-state index in [2.05, 4.69) is 10.6 Å². The molecular formula is C16H22N2O4S. The van der Waals surface area contributed by atoms with Crippen LogP contribution in [0.3, 0.4) is 0 Å². The van der Waals surface area contributed by atoms with Crippen molar-refractivity contribution in [2.45, 2.75) is 25.1 Å². The van der Waals surface area contributed by atoms with Gasteiger partial charge in [0.1, 0.15) is 6.04 Å². The van der Waals surface area contributed by atoms with Crippen molar-refractivity contribution < 1.29 is 19.1 Å². The predicted octanol–water partition coefficient (Wildman–Crippen LogP) is 1.10. The Hall–Kier alpha value is -2.02. The molecule has 1 atom stereocenters. The fourth-order valence-corrected chi connectivity index (χ4v) is 2.80. The lowest BCUT2D eigenvalue weighted by molar-refractivity contribution is -0.144. The summed E-state index contributed by atoms with van der Waals surface area (Å²) in [5.41, 5.74) is 1.15. The van der Waals surface area contributed by atoms with Gasteiger partial charge in [-0.3, -0.25) is 9.59 Å². The maximum atomic E-state index is 11.8. The lowest BCUT2D eigenvalue weighted by atomic mass is 10.2. The van der Waals surface area contributed by atoms with Gasteiger partial charge < -0.3 is 15.4 Å². The van der Waals surface area contributed by atoms with E-state index in [4.69, 9.17) is 4.74 Å². The third kappa shape index (κ3) is 8.25. The van der Waals surface area contributed by atoms with Crippen molar-refractivity contribution >= 4 is 29.5 Å². The largest absolute Gasteiger partial charge is 0.467 e. The Morgan fingerprint density at radius 2 is 1.91 bits per heavy atom. The molecule has 0 spiro atoms. The Balaban J connectivity index is 2.41. The van der Waals surface area contributed by atoms with Crippen LogP contribution in [0.1, 0.15) is 18.9 Å². The highest BCUT2D eigenvalue weighted by atomic mass is 32.2. The van der Waals surface area contributed by atoms with Gasteiger partial charge in [0.25, 0.3) is 0 Å². The molecule has 0 radical (unpaired) electrons. The summed E-state index contributed by atoms with van der Waals surface area (Å²) in [4.78, 5) is 34.3. The second kappa shape index (κ2) is 10.7. The standard InChI is InChI=1S/C16H22N2O4S/c1-12(19)17-9-8-15(20)18-14(16(21)22-2)11-23-10-13-6-4-3-5-7-13/h3-7,14H,8-11H2,1-2H3,(H,17,19)(H,18,20). The number of hydrogen-bond donors (Lipinski definition) is 2. The molecule has 0 aliphatic rings. The zero-order valence-electron chi connectivity index (χ0n) is 13.3. The number of methoxy groups -OCH3 is 1. The molecular weight excluding hydrogens is 316 g/mol. The van der Waals surface area contributed by atoms with Crippen LogP contribution in [0.5, 0.6) is 0 Å².